The molecule has 0 N–H and O–H groups in total. The van der Waals surface area contributed by atoms with Crippen molar-refractivity contribution in [3.05, 3.63) is 53.0 Å². The van der Waals surface area contributed by atoms with Gasteiger partial charge in [-0.1, -0.05) is 19.1 Å². The average molecular weight is 414 g/mol. The van der Waals surface area contributed by atoms with Crippen molar-refractivity contribution in [3.63, 3.8) is 0 Å². The van der Waals surface area contributed by atoms with Crippen molar-refractivity contribution in [3.8, 4) is 5.75 Å². The van der Waals surface area contributed by atoms with Crippen molar-refractivity contribution < 1.29 is 23.8 Å². The van der Waals surface area contributed by atoms with Gasteiger partial charge in [0.25, 0.3) is 0 Å². The quantitative estimate of drug-likeness (QED) is 0.544. The van der Waals surface area contributed by atoms with E-state index in [1.165, 1.54) is 7.11 Å². The summed E-state index contributed by atoms with van der Waals surface area (Å²) in [5.41, 5.74) is 2.00. The molecule has 0 saturated carbocycles. The molecular weight excluding hydrogens is 392 g/mol. The Bertz CT molecular complexity index is 984. The lowest BCUT2D eigenvalue weighted by Crippen LogP contribution is -2.38. The summed E-state index contributed by atoms with van der Waals surface area (Å²) in [6.07, 6.45) is -0.930. The summed E-state index contributed by atoms with van der Waals surface area (Å²) in [7, 11) is 1.22. The van der Waals surface area contributed by atoms with Gasteiger partial charge in [-0.25, -0.2) is 14.6 Å². The molecule has 8 heteroatoms. The summed E-state index contributed by atoms with van der Waals surface area (Å²) in [5, 5.41) is 0.868. The topological polar surface area (TPSA) is 78.0 Å². The van der Waals surface area contributed by atoms with Crippen LogP contribution in [-0.4, -0.2) is 30.9 Å². The number of amides is 2. The zero-order chi connectivity index (χ0) is 20.8. The Balaban J connectivity index is 1.75. The summed E-state index contributed by atoms with van der Waals surface area (Å²) < 4.78 is 16.8. The van der Waals surface area contributed by atoms with E-state index in [9.17, 15) is 9.59 Å². The number of para-hydroxylation sites is 1. The van der Waals surface area contributed by atoms with Gasteiger partial charge >= 0.3 is 12.2 Å². The highest BCUT2D eigenvalue weighted by Crippen LogP contribution is 2.28. The lowest BCUT2D eigenvalue weighted by molar-refractivity contribution is 0.144. The Kier molecular flexibility index (Phi) is 6.66. The van der Waals surface area contributed by atoms with E-state index in [1.807, 2.05) is 31.2 Å². The molecule has 1 aromatic heterocycles. The number of nitrogens with zero attached hydrogens (tertiary/aromatic N) is 2. The van der Waals surface area contributed by atoms with Gasteiger partial charge in [-0.3, -0.25) is 0 Å². The van der Waals surface area contributed by atoms with Gasteiger partial charge < -0.3 is 14.2 Å². The Morgan fingerprint density at radius 1 is 1.14 bits per heavy atom. The van der Waals surface area contributed by atoms with Gasteiger partial charge in [0.2, 0.25) is 0 Å². The average Bonchev–Trinajstić information content (AvgIpc) is 3.15. The number of hydrogen-bond acceptors (Lipinski definition) is 7. The summed E-state index contributed by atoms with van der Waals surface area (Å²) in [4.78, 5) is 29.8. The molecule has 2 aromatic carbocycles. The highest BCUT2D eigenvalue weighted by atomic mass is 32.1. The third kappa shape index (κ3) is 4.83. The molecule has 1 heterocycles. The molecule has 0 spiro atoms. The summed E-state index contributed by atoms with van der Waals surface area (Å²) in [6, 6.07) is 13.0. The molecule has 0 aliphatic carbocycles. The molecular formula is C21H22N2O5S. The molecule has 2 amide bonds. The number of carbonyl (C=O) groups excluding carboxylic acids is 2. The number of rotatable bonds is 6. The van der Waals surface area contributed by atoms with Crippen molar-refractivity contribution in [2.45, 2.75) is 26.9 Å². The van der Waals surface area contributed by atoms with Gasteiger partial charge in [0.15, 0.2) is 0 Å². The van der Waals surface area contributed by atoms with Crippen LogP contribution in [0.1, 0.15) is 23.9 Å². The number of carbonyl (C=O) groups is 2. The number of ether oxygens (including phenoxy) is 3. The number of methoxy groups -OCH3 is 1. The minimum Gasteiger partial charge on any atom is -0.486 e. The van der Waals surface area contributed by atoms with E-state index in [2.05, 4.69) is 4.98 Å². The molecule has 0 radical (unpaired) electrons. The van der Waals surface area contributed by atoms with Gasteiger partial charge in [-0.05, 0) is 49.2 Å². The number of hydrogen-bond donors (Lipinski definition) is 0. The number of aromatic nitrogens is 1. The largest absolute Gasteiger partial charge is 0.486 e. The number of imide groups is 1. The summed E-state index contributed by atoms with van der Waals surface area (Å²) in [5.74, 6) is 0.609. The third-order valence-electron chi connectivity index (χ3n) is 4.08. The molecule has 0 fully saturated rings. The highest BCUT2D eigenvalue weighted by Gasteiger charge is 2.27. The smallest absolute Gasteiger partial charge is 0.424 e. The van der Waals surface area contributed by atoms with Crippen molar-refractivity contribution in [2.75, 3.05) is 18.6 Å². The van der Waals surface area contributed by atoms with Crippen LogP contribution in [0.15, 0.2) is 42.5 Å². The Labute approximate surface area is 172 Å². The fourth-order valence-electron chi connectivity index (χ4n) is 2.71. The first-order valence-corrected chi connectivity index (χ1v) is 9.98. The molecule has 3 aromatic rings. The third-order valence-corrected chi connectivity index (χ3v) is 5.09. The SMILES string of the molecule is CCCOC(=O)N(C(=O)OC)c1ccc(OCc2nc3ccccc3s2)cc1C. The number of anilines is 1. The molecule has 0 unspecified atom stereocenters. The van der Waals surface area contributed by atoms with Crippen LogP contribution < -0.4 is 9.64 Å². The maximum Gasteiger partial charge on any atom is 0.424 e. The number of aryl methyl sites for hydroxylation is 1. The highest BCUT2D eigenvalue weighted by molar-refractivity contribution is 7.18. The first-order valence-electron chi connectivity index (χ1n) is 9.16. The maximum atomic E-state index is 12.3. The Morgan fingerprint density at radius 3 is 2.62 bits per heavy atom. The van der Waals surface area contributed by atoms with E-state index in [0.717, 1.165) is 20.1 Å². The fraction of sp³-hybridized carbons (Fsp3) is 0.286. The molecule has 7 nitrogen and oxygen atoms in total. The molecule has 0 saturated heterocycles. The van der Waals surface area contributed by atoms with Crippen LogP contribution in [0.25, 0.3) is 10.2 Å². The minimum absolute atomic E-state index is 0.217. The van der Waals surface area contributed by atoms with E-state index in [-0.39, 0.29) is 6.61 Å². The zero-order valence-corrected chi connectivity index (χ0v) is 17.3. The van der Waals surface area contributed by atoms with Crippen LogP contribution in [-0.2, 0) is 16.1 Å². The Hall–Kier alpha value is -3.13. The normalized spacial score (nSPS) is 10.6. The van der Waals surface area contributed by atoms with Crippen LogP contribution in [0.4, 0.5) is 15.3 Å². The maximum absolute atomic E-state index is 12.3. The lowest BCUT2D eigenvalue weighted by Gasteiger charge is -2.21. The van der Waals surface area contributed by atoms with Crippen LogP contribution in [0.3, 0.4) is 0 Å². The standard InChI is InChI=1S/C21H22N2O5S/c1-4-11-27-21(25)23(20(24)26-3)17-10-9-15(12-14(17)2)28-13-19-22-16-7-5-6-8-18(16)29-19/h5-10,12H,4,11,13H2,1-3H3. The van der Waals surface area contributed by atoms with E-state index in [0.29, 0.717) is 30.0 Å². The number of benzene rings is 2. The van der Waals surface area contributed by atoms with Crippen molar-refractivity contribution >= 4 is 39.4 Å². The first kappa shape index (κ1) is 20.6. The predicted molar refractivity (Wildman–Crippen MR) is 112 cm³/mol. The van der Waals surface area contributed by atoms with Crippen molar-refractivity contribution in [1.82, 2.24) is 4.98 Å². The van der Waals surface area contributed by atoms with Gasteiger partial charge in [-0.15, -0.1) is 11.3 Å². The van der Waals surface area contributed by atoms with Crippen molar-refractivity contribution in [1.29, 1.82) is 0 Å². The zero-order valence-electron chi connectivity index (χ0n) is 16.5. The van der Waals surface area contributed by atoms with Gasteiger partial charge in [0.05, 0.1) is 29.6 Å². The van der Waals surface area contributed by atoms with Crippen LogP contribution in [0.2, 0.25) is 0 Å². The van der Waals surface area contributed by atoms with Gasteiger partial charge in [-0.2, -0.15) is 4.90 Å². The Morgan fingerprint density at radius 2 is 1.93 bits per heavy atom. The van der Waals surface area contributed by atoms with Gasteiger partial charge in [0.1, 0.15) is 17.4 Å². The molecule has 0 aliphatic heterocycles. The van der Waals surface area contributed by atoms with E-state index >= 15 is 0 Å². The minimum atomic E-state index is -0.808. The van der Waals surface area contributed by atoms with E-state index in [4.69, 9.17) is 14.2 Å². The second kappa shape index (κ2) is 9.38. The molecule has 29 heavy (non-hydrogen) atoms. The predicted octanol–water partition coefficient (Wildman–Crippen LogP) is 5.30. The second-order valence-electron chi connectivity index (χ2n) is 6.23. The molecule has 152 valence electrons. The number of thiazole rings is 1. The van der Waals surface area contributed by atoms with Crippen molar-refractivity contribution in [2.24, 2.45) is 0 Å². The monoisotopic (exact) mass is 414 g/mol. The summed E-state index contributed by atoms with van der Waals surface area (Å²) in [6.45, 7) is 4.20. The van der Waals surface area contributed by atoms with E-state index in [1.54, 1.807) is 36.5 Å². The first-order chi connectivity index (χ1) is 14.0. The van der Waals surface area contributed by atoms with E-state index < -0.39 is 12.2 Å². The molecule has 0 atom stereocenters. The molecule has 0 aliphatic rings. The lowest BCUT2D eigenvalue weighted by atomic mass is 10.2. The molecule has 0 bridgehead atoms. The van der Waals surface area contributed by atoms with Gasteiger partial charge in [0, 0.05) is 0 Å². The van der Waals surface area contributed by atoms with Crippen LogP contribution in [0.5, 0.6) is 5.75 Å². The van der Waals surface area contributed by atoms with Crippen LogP contribution in [0, 0.1) is 6.92 Å². The fourth-order valence-corrected chi connectivity index (χ4v) is 3.59. The number of fused-ring (bicyclic) bond motifs is 1. The molecule has 3 rings (SSSR count). The second-order valence-corrected chi connectivity index (χ2v) is 7.35. The summed E-state index contributed by atoms with van der Waals surface area (Å²) >= 11 is 1.58. The van der Waals surface area contributed by atoms with Crippen LogP contribution >= 0.6 is 11.3 Å².